The fourth-order valence-electron chi connectivity index (χ4n) is 2.09. The Morgan fingerprint density at radius 3 is 2.40 bits per heavy atom. The molecule has 4 heteroatoms. The molecular weight excluding hydrogens is 200 g/mol. The van der Waals surface area contributed by atoms with Gasteiger partial charge in [0.1, 0.15) is 0 Å². The summed E-state index contributed by atoms with van der Waals surface area (Å²) >= 11 is 0. The topological polar surface area (TPSA) is 23.5 Å². The third-order valence-corrected chi connectivity index (χ3v) is 3.34. The largest absolute Gasteiger partial charge is 0.392 e. The van der Waals surface area contributed by atoms with E-state index in [4.69, 9.17) is 0 Å². The van der Waals surface area contributed by atoms with Crippen molar-refractivity contribution in [3.63, 3.8) is 0 Å². The second-order valence-electron chi connectivity index (χ2n) is 4.57. The fourth-order valence-corrected chi connectivity index (χ4v) is 2.09. The van der Waals surface area contributed by atoms with Gasteiger partial charge in [-0.25, -0.2) is 0 Å². The SMILES string of the molecule is OC(CN1CCC(=C(F)F)CC1)C1CC1. The summed E-state index contributed by atoms with van der Waals surface area (Å²) in [6.07, 6.45) is 1.42. The molecule has 1 N–H and O–H groups in total. The van der Waals surface area contributed by atoms with Crippen molar-refractivity contribution in [3.8, 4) is 0 Å². The molecule has 0 aromatic rings. The highest BCUT2D eigenvalue weighted by atomic mass is 19.3. The number of piperidine rings is 1. The van der Waals surface area contributed by atoms with Crippen LogP contribution in [-0.2, 0) is 0 Å². The third kappa shape index (κ3) is 2.98. The van der Waals surface area contributed by atoms with Crippen LogP contribution in [0.5, 0.6) is 0 Å². The van der Waals surface area contributed by atoms with E-state index in [1.165, 1.54) is 0 Å². The van der Waals surface area contributed by atoms with Gasteiger partial charge in [0.15, 0.2) is 0 Å². The van der Waals surface area contributed by atoms with Crippen molar-refractivity contribution in [1.82, 2.24) is 4.90 Å². The highest BCUT2D eigenvalue weighted by Gasteiger charge is 2.31. The van der Waals surface area contributed by atoms with E-state index in [1.807, 2.05) is 0 Å². The maximum Gasteiger partial charge on any atom is 0.269 e. The summed E-state index contributed by atoms with van der Waals surface area (Å²) < 4.78 is 24.5. The van der Waals surface area contributed by atoms with Crippen molar-refractivity contribution in [3.05, 3.63) is 11.7 Å². The van der Waals surface area contributed by atoms with E-state index in [0.29, 0.717) is 44.0 Å². The number of rotatable bonds is 3. The van der Waals surface area contributed by atoms with Gasteiger partial charge in [0, 0.05) is 19.6 Å². The summed E-state index contributed by atoms with van der Waals surface area (Å²) in [5, 5.41) is 9.71. The zero-order valence-corrected chi connectivity index (χ0v) is 8.75. The summed E-state index contributed by atoms with van der Waals surface area (Å²) in [5.41, 5.74) is 0.298. The van der Waals surface area contributed by atoms with Gasteiger partial charge in [-0.2, -0.15) is 8.78 Å². The van der Waals surface area contributed by atoms with Crippen molar-refractivity contribution < 1.29 is 13.9 Å². The summed E-state index contributed by atoms with van der Waals surface area (Å²) in [5.74, 6) is 0.472. The molecule has 0 amide bonds. The van der Waals surface area contributed by atoms with Gasteiger partial charge in [0.05, 0.1) is 6.10 Å². The Hall–Kier alpha value is -0.480. The molecule has 1 atom stereocenters. The first-order valence-electron chi connectivity index (χ1n) is 5.60. The Labute approximate surface area is 88.6 Å². The van der Waals surface area contributed by atoms with Crippen LogP contribution < -0.4 is 0 Å². The first-order valence-corrected chi connectivity index (χ1v) is 5.60. The number of nitrogens with zero attached hydrogens (tertiary/aromatic N) is 1. The van der Waals surface area contributed by atoms with Gasteiger partial charge in [0.2, 0.25) is 0 Å². The molecule has 15 heavy (non-hydrogen) atoms. The van der Waals surface area contributed by atoms with E-state index >= 15 is 0 Å². The Morgan fingerprint density at radius 1 is 1.33 bits per heavy atom. The van der Waals surface area contributed by atoms with Crippen LogP contribution in [0.25, 0.3) is 0 Å². The standard InChI is InChI=1S/C11H17F2NO/c12-11(13)9-3-5-14(6-4-9)7-10(15)8-1-2-8/h8,10,15H,1-7H2. The second kappa shape index (κ2) is 4.58. The van der Waals surface area contributed by atoms with Crippen molar-refractivity contribution in [1.29, 1.82) is 0 Å². The molecule has 1 aliphatic heterocycles. The number of aliphatic hydroxyl groups is 1. The van der Waals surface area contributed by atoms with Crippen molar-refractivity contribution in [2.75, 3.05) is 19.6 Å². The van der Waals surface area contributed by atoms with Crippen LogP contribution in [0.15, 0.2) is 11.7 Å². The molecule has 86 valence electrons. The molecule has 2 nitrogen and oxygen atoms in total. The fraction of sp³-hybridized carbons (Fsp3) is 0.818. The van der Waals surface area contributed by atoms with Gasteiger partial charge in [-0.3, -0.25) is 0 Å². The van der Waals surface area contributed by atoms with E-state index < -0.39 is 6.08 Å². The molecule has 0 aromatic heterocycles. The normalized spacial score (nSPS) is 25.4. The lowest BCUT2D eigenvalue weighted by atomic mass is 10.0. The minimum atomic E-state index is -1.50. The highest BCUT2D eigenvalue weighted by molar-refractivity contribution is 5.06. The molecule has 1 aliphatic carbocycles. The van der Waals surface area contributed by atoms with Crippen LogP contribution in [-0.4, -0.2) is 35.7 Å². The average Bonchev–Trinajstić information content (AvgIpc) is 3.01. The molecule has 1 saturated heterocycles. The first-order chi connectivity index (χ1) is 7.16. The second-order valence-corrected chi connectivity index (χ2v) is 4.57. The molecule has 0 bridgehead atoms. The van der Waals surface area contributed by atoms with Gasteiger partial charge in [0.25, 0.3) is 6.08 Å². The minimum absolute atomic E-state index is 0.245. The minimum Gasteiger partial charge on any atom is -0.392 e. The Morgan fingerprint density at radius 2 is 1.93 bits per heavy atom. The lowest BCUT2D eigenvalue weighted by molar-refractivity contribution is 0.0904. The molecule has 2 aliphatic rings. The molecule has 2 rings (SSSR count). The average molecular weight is 217 g/mol. The quantitative estimate of drug-likeness (QED) is 0.781. The molecule has 0 spiro atoms. The number of hydrogen-bond donors (Lipinski definition) is 1. The van der Waals surface area contributed by atoms with Gasteiger partial charge in [-0.15, -0.1) is 0 Å². The number of halogens is 2. The highest BCUT2D eigenvalue weighted by Crippen LogP contribution is 2.33. The lowest BCUT2D eigenvalue weighted by Crippen LogP contribution is -2.37. The summed E-state index contributed by atoms with van der Waals surface area (Å²) in [6.45, 7) is 1.98. The number of aliphatic hydroxyl groups excluding tert-OH is 1. The number of likely N-dealkylation sites (tertiary alicyclic amines) is 1. The summed E-state index contributed by atoms with van der Waals surface area (Å²) in [7, 11) is 0. The van der Waals surface area contributed by atoms with Crippen LogP contribution in [0.1, 0.15) is 25.7 Å². The van der Waals surface area contributed by atoms with E-state index in [0.717, 1.165) is 12.8 Å². The van der Waals surface area contributed by atoms with Crippen molar-refractivity contribution >= 4 is 0 Å². The predicted octanol–water partition coefficient (Wildman–Crippen LogP) is 2.00. The van der Waals surface area contributed by atoms with Gasteiger partial charge < -0.3 is 10.0 Å². The maximum absolute atomic E-state index is 12.3. The van der Waals surface area contributed by atoms with E-state index in [-0.39, 0.29) is 6.10 Å². The van der Waals surface area contributed by atoms with Crippen LogP contribution in [0.2, 0.25) is 0 Å². The van der Waals surface area contributed by atoms with Crippen LogP contribution in [0.4, 0.5) is 8.78 Å². The lowest BCUT2D eigenvalue weighted by Gasteiger charge is -2.29. The molecule has 1 heterocycles. The maximum atomic E-state index is 12.3. The molecule has 1 unspecified atom stereocenters. The van der Waals surface area contributed by atoms with Gasteiger partial charge in [-0.05, 0) is 37.2 Å². The van der Waals surface area contributed by atoms with Crippen molar-refractivity contribution in [2.45, 2.75) is 31.8 Å². The van der Waals surface area contributed by atoms with Crippen LogP contribution in [0, 0.1) is 5.92 Å². The zero-order valence-electron chi connectivity index (χ0n) is 8.75. The Balaban J connectivity index is 1.75. The molecule has 1 saturated carbocycles. The van der Waals surface area contributed by atoms with E-state index in [9.17, 15) is 13.9 Å². The van der Waals surface area contributed by atoms with Crippen LogP contribution in [0.3, 0.4) is 0 Å². The first kappa shape index (κ1) is 11.0. The summed E-state index contributed by atoms with van der Waals surface area (Å²) in [4.78, 5) is 2.09. The Bertz CT molecular complexity index is 249. The summed E-state index contributed by atoms with van der Waals surface area (Å²) in [6, 6.07) is 0. The molecule has 0 radical (unpaired) electrons. The zero-order chi connectivity index (χ0) is 10.8. The van der Waals surface area contributed by atoms with Gasteiger partial charge in [-0.1, -0.05) is 0 Å². The van der Waals surface area contributed by atoms with E-state index in [2.05, 4.69) is 4.90 Å². The van der Waals surface area contributed by atoms with Crippen molar-refractivity contribution in [2.24, 2.45) is 5.92 Å². The van der Waals surface area contributed by atoms with Gasteiger partial charge >= 0.3 is 0 Å². The Kier molecular flexibility index (Phi) is 3.36. The number of β-amino-alcohol motifs (C(OH)–C–C–N with tert-alkyl or cyclic N) is 1. The molecular formula is C11H17F2NO. The molecule has 0 aromatic carbocycles. The smallest absolute Gasteiger partial charge is 0.269 e. The predicted molar refractivity (Wildman–Crippen MR) is 53.6 cm³/mol. The molecule has 2 fully saturated rings. The third-order valence-electron chi connectivity index (χ3n) is 3.34. The number of hydrogen-bond acceptors (Lipinski definition) is 2. The van der Waals surface area contributed by atoms with E-state index in [1.54, 1.807) is 0 Å². The monoisotopic (exact) mass is 217 g/mol. The van der Waals surface area contributed by atoms with Crippen LogP contribution >= 0.6 is 0 Å².